The lowest BCUT2D eigenvalue weighted by atomic mass is 10.1. The van der Waals surface area contributed by atoms with Crippen LogP contribution in [0.5, 0.6) is 5.75 Å². The van der Waals surface area contributed by atoms with Crippen LogP contribution in [0, 0.1) is 0 Å². The van der Waals surface area contributed by atoms with Crippen LogP contribution in [0.25, 0.3) is 11.3 Å². The van der Waals surface area contributed by atoms with Crippen molar-refractivity contribution in [2.45, 2.75) is 19.4 Å². The van der Waals surface area contributed by atoms with E-state index in [0.29, 0.717) is 18.8 Å². The maximum absolute atomic E-state index is 11.9. The Balaban J connectivity index is 1.53. The van der Waals surface area contributed by atoms with E-state index in [1.54, 1.807) is 7.11 Å². The molecule has 1 aromatic carbocycles. The minimum Gasteiger partial charge on any atom is -0.497 e. The zero-order valence-corrected chi connectivity index (χ0v) is 13.2. The molecule has 1 saturated heterocycles. The van der Waals surface area contributed by atoms with Crippen molar-refractivity contribution in [1.29, 1.82) is 0 Å². The molecule has 1 aliphatic rings. The van der Waals surface area contributed by atoms with Gasteiger partial charge in [-0.3, -0.25) is 9.69 Å². The molecule has 2 aromatic rings. The molecule has 6 heteroatoms. The molecule has 122 valence electrons. The summed E-state index contributed by atoms with van der Waals surface area (Å²) < 4.78 is 10.4. The molecule has 1 aliphatic heterocycles. The van der Waals surface area contributed by atoms with Gasteiger partial charge < -0.3 is 14.6 Å². The third-order valence-electron chi connectivity index (χ3n) is 3.97. The van der Waals surface area contributed by atoms with Crippen molar-refractivity contribution in [1.82, 2.24) is 15.4 Å². The quantitative estimate of drug-likeness (QED) is 0.884. The van der Waals surface area contributed by atoms with E-state index in [4.69, 9.17) is 9.26 Å². The first kappa shape index (κ1) is 15.6. The fourth-order valence-electron chi connectivity index (χ4n) is 2.68. The zero-order chi connectivity index (χ0) is 16.1. The maximum atomic E-state index is 11.9. The monoisotopic (exact) mass is 315 g/mol. The van der Waals surface area contributed by atoms with Crippen LogP contribution in [-0.4, -0.2) is 42.7 Å². The van der Waals surface area contributed by atoms with Crippen molar-refractivity contribution < 1.29 is 14.1 Å². The van der Waals surface area contributed by atoms with E-state index in [0.717, 1.165) is 30.1 Å². The number of amides is 1. The van der Waals surface area contributed by atoms with Crippen molar-refractivity contribution in [2.24, 2.45) is 0 Å². The van der Waals surface area contributed by atoms with Gasteiger partial charge in [-0.1, -0.05) is 5.16 Å². The summed E-state index contributed by atoms with van der Waals surface area (Å²) in [6, 6.07) is 9.44. The van der Waals surface area contributed by atoms with E-state index in [1.165, 1.54) is 12.8 Å². The summed E-state index contributed by atoms with van der Waals surface area (Å²) in [5.41, 5.74) is 1.70. The van der Waals surface area contributed by atoms with Crippen LogP contribution < -0.4 is 10.1 Å². The molecule has 1 amide bonds. The number of ether oxygens (including phenoxy) is 1. The first-order valence-electron chi connectivity index (χ1n) is 7.83. The molecule has 0 bridgehead atoms. The van der Waals surface area contributed by atoms with Gasteiger partial charge in [0.1, 0.15) is 11.4 Å². The Hall–Kier alpha value is -2.34. The lowest BCUT2D eigenvalue weighted by Gasteiger charge is -2.13. The van der Waals surface area contributed by atoms with Crippen LogP contribution >= 0.6 is 0 Å². The summed E-state index contributed by atoms with van der Waals surface area (Å²) in [6.07, 6.45) is 2.36. The van der Waals surface area contributed by atoms with E-state index >= 15 is 0 Å². The number of likely N-dealkylation sites (tertiary alicyclic amines) is 1. The lowest BCUT2D eigenvalue weighted by molar-refractivity contribution is -0.122. The van der Waals surface area contributed by atoms with Gasteiger partial charge in [-0.2, -0.15) is 0 Å². The number of nitrogens with zero attached hydrogens (tertiary/aromatic N) is 2. The number of hydrogen-bond acceptors (Lipinski definition) is 5. The van der Waals surface area contributed by atoms with E-state index in [9.17, 15) is 4.79 Å². The lowest BCUT2D eigenvalue weighted by Crippen LogP contribution is -2.35. The molecular weight excluding hydrogens is 294 g/mol. The summed E-state index contributed by atoms with van der Waals surface area (Å²) in [4.78, 5) is 14.1. The standard InChI is InChI=1S/C17H21N3O3/c1-22-14-6-4-13(5-7-14)16-10-15(23-19-16)11-18-17(21)12-20-8-2-3-9-20/h4-7,10H,2-3,8-9,11-12H2,1H3,(H,18,21). The number of hydrogen-bond donors (Lipinski definition) is 1. The highest BCUT2D eigenvalue weighted by molar-refractivity contribution is 5.78. The fraction of sp³-hybridized carbons (Fsp3) is 0.412. The predicted octanol–water partition coefficient (Wildman–Crippen LogP) is 2.06. The number of aromatic nitrogens is 1. The number of nitrogens with one attached hydrogen (secondary N) is 1. The molecule has 1 fully saturated rings. The minimum absolute atomic E-state index is 0.0225. The summed E-state index contributed by atoms with van der Waals surface area (Å²) in [6.45, 7) is 2.84. The van der Waals surface area contributed by atoms with Crippen LogP contribution in [0.3, 0.4) is 0 Å². The van der Waals surface area contributed by atoms with E-state index in [2.05, 4.69) is 15.4 Å². The molecule has 1 aromatic heterocycles. The molecule has 6 nitrogen and oxygen atoms in total. The number of carbonyl (C=O) groups is 1. The summed E-state index contributed by atoms with van der Waals surface area (Å²) in [5, 5.41) is 6.92. The first-order chi connectivity index (χ1) is 11.2. The highest BCUT2D eigenvalue weighted by Gasteiger charge is 2.15. The molecule has 0 unspecified atom stereocenters. The molecule has 0 radical (unpaired) electrons. The normalized spacial score (nSPS) is 14.8. The van der Waals surface area contributed by atoms with Gasteiger partial charge >= 0.3 is 0 Å². The minimum atomic E-state index is 0.0225. The zero-order valence-electron chi connectivity index (χ0n) is 13.2. The summed E-state index contributed by atoms with van der Waals surface area (Å²) in [7, 11) is 1.63. The molecule has 2 heterocycles. The highest BCUT2D eigenvalue weighted by Crippen LogP contribution is 2.22. The summed E-state index contributed by atoms with van der Waals surface area (Å²) in [5.74, 6) is 1.46. The van der Waals surface area contributed by atoms with Crippen molar-refractivity contribution in [3.05, 3.63) is 36.1 Å². The van der Waals surface area contributed by atoms with Gasteiger partial charge in [0, 0.05) is 11.6 Å². The maximum Gasteiger partial charge on any atom is 0.234 e. The van der Waals surface area contributed by atoms with Crippen molar-refractivity contribution in [2.75, 3.05) is 26.7 Å². The molecular formula is C17H21N3O3. The van der Waals surface area contributed by atoms with Gasteiger partial charge in [0.05, 0.1) is 20.2 Å². The average Bonchev–Trinajstić information content (AvgIpc) is 3.25. The van der Waals surface area contributed by atoms with Gasteiger partial charge in [0.15, 0.2) is 5.76 Å². The summed E-state index contributed by atoms with van der Waals surface area (Å²) >= 11 is 0. The van der Waals surface area contributed by atoms with Gasteiger partial charge in [-0.25, -0.2) is 0 Å². The molecule has 0 spiro atoms. The molecule has 1 N–H and O–H groups in total. The first-order valence-corrected chi connectivity index (χ1v) is 7.83. The van der Waals surface area contributed by atoms with Gasteiger partial charge in [-0.05, 0) is 50.2 Å². The average molecular weight is 315 g/mol. The Bertz CT molecular complexity index is 645. The van der Waals surface area contributed by atoms with Crippen molar-refractivity contribution >= 4 is 5.91 Å². The van der Waals surface area contributed by atoms with Crippen LogP contribution in [-0.2, 0) is 11.3 Å². The smallest absolute Gasteiger partial charge is 0.234 e. The molecule has 0 atom stereocenters. The Labute approximate surface area is 135 Å². The number of benzene rings is 1. The van der Waals surface area contributed by atoms with E-state index in [1.807, 2.05) is 30.3 Å². The van der Waals surface area contributed by atoms with Crippen LogP contribution in [0.2, 0.25) is 0 Å². The molecule has 0 saturated carbocycles. The highest BCUT2D eigenvalue weighted by atomic mass is 16.5. The van der Waals surface area contributed by atoms with Crippen LogP contribution in [0.4, 0.5) is 0 Å². The predicted molar refractivity (Wildman–Crippen MR) is 86.0 cm³/mol. The second-order valence-electron chi connectivity index (χ2n) is 5.67. The Morgan fingerprint density at radius 3 is 2.74 bits per heavy atom. The largest absolute Gasteiger partial charge is 0.497 e. The second-order valence-corrected chi connectivity index (χ2v) is 5.67. The third kappa shape index (κ3) is 4.10. The van der Waals surface area contributed by atoms with Crippen molar-refractivity contribution in [3.8, 4) is 17.0 Å². The number of rotatable bonds is 6. The van der Waals surface area contributed by atoms with Crippen LogP contribution in [0.1, 0.15) is 18.6 Å². The van der Waals surface area contributed by atoms with Crippen molar-refractivity contribution in [3.63, 3.8) is 0 Å². The van der Waals surface area contributed by atoms with Gasteiger partial charge in [0.2, 0.25) is 5.91 Å². The Morgan fingerprint density at radius 2 is 2.04 bits per heavy atom. The molecule has 23 heavy (non-hydrogen) atoms. The topological polar surface area (TPSA) is 67.6 Å². The SMILES string of the molecule is COc1ccc(-c2cc(CNC(=O)CN3CCCC3)on2)cc1. The number of carbonyl (C=O) groups excluding carboxylic acids is 1. The Kier molecular flexibility index (Phi) is 4.92. The van der Waals surface area contributed by atoms with E-state index < -0.39 is 0 Å². The number of methoxy groups -OCH3 is 1. The van der Waals surface area contributed by atoms with Gasteiger partial charge in [0.25, 0.3) is 0 Å². The van der Waals surface area contributed by atoms with Gasteiger partial charge in [-0.15, -0.1) is 0 Å². The van der Waals surface area contributed by atoms with Crippen LogP contribution in [0.15, 0.2) is 34.9 Å². The van der Waals surface area contributed by atoms with E-state index in [-0.39, 0.29) is 5.91 Å². The molecule has 0 aliphatic carbocycles. The second kappa shape index (κ2) is 7.28. The third-order valence-corrected chi connectivity index (χ3v) is 3.97. The Morgan fingerprint density at radius 1 is 1.30 bits per heavy atom. The molecule has 3 rings (SSSR count). The fourth-order valence-corrected chi connectivity index (χ4v) is 2.68.